The predicted molar refractivity (Wildman–Crippen MR) is 118 cm³/mol. The molecular formula is C25H24F4N2O3. The SMILES string of the molecule is CCOC(=O)Cn1c2c(c3cc(F)ccc31)C[C@@H](NC(=O)Cc1ccc(C(F)(F)F)cc1)CC2. The van der Waals surface area contributed by atoms with Gasteiger partial charge in [0.05, 0.1) is 18.6 Å². The summed E-state index contributed by atoms with van der Waals surface area (Å²) in [4.78, 5) is 24.7. The van der Waals surface area contributed by atoms with Crippen molar-refractivity contribution in [1.82, 2.24) is 9.88 Å². The zero-order chi connectivity index (χ0) is 24.5. The van der Waals surface area contributed by atoms with Crippen LogP contribution in [0, 0.1) is 5.82 Å². The van der Waals surface area contributed by atoms with Crippen molar-refractivity contribution >= 4 is 22.8 Å². The summed E-state index contributed by atoms with van der Waals surface area (Å²) in [5.74, 6) is -1.06. The Morgan fingerprint density at radius 2 is 1.88 bits per heavy atom. The largest absolute Gasteiger partial charge is 0.465 e. The van der Waals surface area contributed by atoms with Crippen LogP contribution in [-0.4, -0.2) is 29.1 Å². The number of nitrogens with zero attached hydrogens (tertiary/aromatic N) is 1. The van der Waals surface area contributed by atoms with E-state index in [1.54, 1.807) is 13.0 Å². The van der Waals surface area contributed by atoms with E-state index in [-0.39, 0.29) is 37.5 Å². The van der Waals surface area contributed by atoms with Crippen LogP contribution in [0.4, 0.5) is 17.6 Å². The highest BCUT2D eigenvalue weighted by molar-refractivity contribution is 5.88. The Bertz CT molecular complexity index is 1220. The lowest BCUT2D eigenvalue weighted by atomic mass is 9.91. The molecule has 1 atom stereocenters. The van der Waals surface area contributed by atoms with Crippen LogP contribution < -0.4 is 5.32 Å². The Morgan fingerprint density at radius 1 is 1.15 bits per heavy atom. The lowest BCUT2D eigenvalue weighted by molar-refractivity contribution is -0.143. The van der Waals surface area contributed by atoms with E-state index in [1.165, 1.54) is 24.3 Å². The van der Waals surface area contributed by atoms with Crippen molar-refractivity contribution in [3.05, 3.63) is 70.7 Å². The summed E-state index contributed by atoms with van der Waals surface area (Å²) in [7, 11) is 0. The molecule has 0 saturated heterocycles. The van der Waals surface area contributed by atoms with E-state index >= 15 is 0 Å². The van der Waals surface area contributed by atoms with Crippen LogP contribution in [0.5, 0.6) is 0 Å². The van der Waals surface area contributed by atoms with Gasteiger partial charge >= 0.3 is 12.1 Å². The first-order valence-corrected chi connectivity index (χ1v) is 11.1. The monoisotopic (exact) mass is 476 g/mol. The van der Waals surface area contributed by atoms with Gasteiger partial charge in [0.2, 0.25) is 5.91 Å². The Hall–Kier alpha value is -3.36. The average molecular weight is 476 g/mol. The fraction of sp³-hybridized carbons (Fsp3) is 0.360. The zero-order valence-corrected chi connectivity index (χ0v) is 18.5. The lowest BCUT2D eigenvalue weighted by Crippen LogP contribution is -2.39. The molecule has 1 aliphatic rings. The molecule has 0 saturated carbocycles. The topological polar surface area (TPSA) is 60.3 Å². The van der Waals surface area contributed by atoms with E-state index in [0.29, 0.717) is 30.2 Å². The summed E-state index contributed by atoms with van der Waals surface area (Å²) in [5, 5.41) is 3.64. The number of amides is 1. The summed E-state index contributed by atoms with van der Waals surface area (Å²) in [6.07, 6.45) is -2.80. The first kappa shape index (κ1) is 23.8. The van der Waals surface area contributed by atoms with E-state index in [4.69, 9.17) is 4.74 Å². The Kier molecular flexibility index (Phi) is 6.63. The molecule has 0 fully saturated rings. The summed E-state index contributed by atoms with van der Waals surface area (Å²) in [6.45, 7) is 2.02. The fourth-order valence-corrected chi connectivity index (χ4v) is 4.54. The highest BCUT2D eigenvalue weighted by atomic mass is 19.4. The third kappa shape index (κ3) is 5.08. The molecule has 1 aromatic heterocycles. The molecule has 1 N–H and O–H groups in total. The van der Waals surface area contributed by atoms with Crippen molar-refractivity contribution < 1.29 is 31.9 Å². The number of esters is 1. The molecule has 0 aliphatic heterocycles. The number of halogens is 4. The van der Waals surface area contributed by atoms with Crippen molar-refractivity contribution in [2.24, 2.45) is 0 Å². The molecule has 4 rings (SSSR count). The second-order valence-electron chi connectivity index (χ2n) is 8.36. The molecule has 0 bridgehead atoms. The third-order valence-electron chi connectivity index (χ3n) is 6.03. The number of benzene rings is 2. The van der Waals surface area contributed by atoms with Crippen molar-refractivity contribution in [2.45, 2.75) is 51.4 Å². The predicted octanol–water partition coefficient (Wildman–Crippen LogP) is 4.58. The van der Waals surface area contributed by atoms with Crippen LogP contribution in [0.2, 0.25) is 0 Å². The Morgan fingerprint density at radius 3 is 2.56 bits per heavy atom. The quantitative estimate of drug-likeness (QED) is 0.419. The lowest BCUT2D eigenvalue weighted by Gasteiger charge is -2.25. The van der Waals surface area contributed by atoms with Crippen LogP contribution in [0.15, 0.2) is 42.5 Å². The van der Waals surface area contributed by atoms with Gasteiger partial charge in [-0.2, -0.15) is 13.2 Å². The summed E-state index contributed by atoms with van der Waals surface area (Å²) < 4.78 is 59.1. The summed E-state index contributed by atoms with van der Waals surface area (Å²) in [6, 6.07) is 8.73. The van der Waals surface area contributed by atoms with Crippen molar-refractivity contribution in [1.29, 1.82) is 0 Å². The maximum Gasteiger partial charge on any atom is 0.416 e. The number of carbonyl (C=O) groups excluding carboxylic acids is 2. The number of rotatable bonds is 6. The summed E-state index contributed by atoms with van der Waals surface area (Å²) in [5.41, 5.74) is 2.25. The zero-order valence-electron chi connectivity index (χ0n) is 18.5. The smallest absolute Gasteiger partial charge is 0.416 e. The van der Waals surface area contributed by atoms with E-state index in [1.807, 2.05) is 4.57 Å². The van der Waals surface area contributed by atoms with E-state index in [0.717, 1.165) is 28.9 Å². The first-order valence-electron chi connectivity index (χ1n) is 11.1. The van der Waals surface area contributed by atoms with Crippen LogP contribution in [0.1, 0.15) is 35.7 Å². The highest BCUT2D eigenvalue weighted by Gasteiger charge is 2.30. The van der Waals surface area contributed by atoms with Crippen molar-refractivity contribution in [3.8, 4) is 0 Å². The van der Waals surface area contributed by atoms with E-state index in [9.17, 15) is 27.2 Å². The molecule has 1 heterocycles. The molecule has 180 valence electrons. The standard InChI is InChI=1S/C25H24F4N2O3/c1-2-34-24(33)14-31-21-9-7-17(26)12-19(21)20-13-18(8-10-22(20)31)30-23(32)11-15-3-5-16(6-4-15)25(27,28)29/h3-7,9,12,18H,2,8,10-11,13-14H2,1H3,(H,30,32)/t18-/m0/s1. The number of carbonyl (C=O) groups is 2. The summed E-state index contributed by atoms with van der Waals surface area (Å²) >= 11 is 0. The fourth-order valence-electron chi connectivity index (χ4n) is 4.54. The van der Waals surface area contributed by atoms with Gasteiger partial charge in [0.15, 0.2) is 0 Å². The van der Waals surface area contributed by atoms with Gasteiger partial charge in [0, 0.05) is 22.6 Å². The normalized spacial score (nSPS) is 15.7. The number of hydrogen-bond acceptors (Lipinski definition) is 3. The maximum absolute atomic E-state index is 14.0. The minimum atomic E-state index is -4.42. The van der Waals surface area contributed by atoms with Crippen molar-refractivity contribution in [2.75, 3.05) is 6.61 Å². The number of fused-ring (bicyclic) bond motifs is 3. The van der Waals surface area contributed by atoms with Crippen LogP contribution >= 0.6 is 0 Å². The molecular weight excluding hydrogens is 452 g/mol. The highest BCUT2D eigenvalue weighted by Crippen LogP contribution is 2.33. The number of nitrogens with one attached hydrogen (secondary N) is 1. The van der Waals surface area contributed by atoms with Crippen molar-refractivity contribution in [3.63, 3.8) is 0 Å². The van der Waals surface area contributed by atoms with E-state index < -0.39 is 17.6 Å². The molecule has 3 aromatic rings. The van der Waals surface area contributed by atoms with Gasteiger partial charge in [-0.25, -0.2) is 4.39 Å². The number of alkyl halides is 3. The molecule has 9 heteroatoms. The van der Waals surface area contributed by atoms with Gasteiger partial charge in [-0.1, -0.05) is 12.1 Å². The second-order valence-corrected chi connectivity index (χ2v) is 8.36. The number of ether oxygens (including phenoxy) is 1. The van der Waals surface area contributed by atoms with Gasteiger partial charge in [0.25, 0.3) is 0 Å². The van der Waals surface area contributed by atoms with E-state index in [2.05, 4.69) is 5.32 Å². The molecule has 2 aromatic carbocycles. The number of hydrogen-bond donors (Lipinski definition) is 1. The molecule has 0 radical (unpaired) electrons. The second kappa shape index (κ2) is 9.48. The average Bonchev–Trinajstić information content (AvgIpc) is 3.06. The van der Waals surface area contributed by atoms with Gasteiger partial charge in [0.1, 0.15) is 12.4 Å². The van der Waals surface area contributed by atoms with Gasteiger partial charge < -0.3 is 14.6 Å². The minimum Gasteiger partial charge on any atom is -0.465 e. The molecule has 0 unspecified atom stereocenters. The van der Waals surface area contributed by atoms with Gasteiger partial charge in [-0.15, -0.1) is 0 Å². The molecule has 34 heavy (non-hydrogen) atoms. The first-order chi connectivity index (χ1) is 16.2. The molecule has 5 nitrogen and oxygen atoms in total. The van der Waals surface area contributed by atoms with Gasteiger partial charge in [-0.3, -0.25) is 9.59 Å². The van der Waals surface area contributed by atoms with Crippen LogP contribution in [-0.2, 0) is 46.3 Å². The minimum absolute atomic E-state index is 0.0241. The molecule has 1 amide bonds. The molecule has 0 spiro atoms. The molecule has 1 aliphatic carbocycles. The third-order valence-corrected chi connectivity index (χ3v) is 6.03. The number of aromatic nitrogens is 1. The maximum atomic E-state index is 14.0. The van der Waals surface area contributed by atoms with Crippen LogP contribution in [0.25, 0.3) is 10.9 Å². The van der Waals surface area contributed by atoms with Crippen LogP contribution in [0.3, 0.4) is 0 Å². The Balaban J connectivity index is 1.49. The van der Waals surface area contributed by atoms with Gasteiger partial charge in [-0.05, 0) is 67.6 Å². The Labute approximate surface area is 193 Å².